The number of amides is 1. The topological polar surface area (TPSA) is 82.3 Å². The van der Waals surface area contributed by atoms with Crippen molar-refractivity contribution < 1.29 is 19.1 Å². The maximum atomic E-state index is 12.9. The molecule has 0 aliphatic heterocycles. The fourth-order valence-electron chi connectivity index (χ4n) is 2.99. The van der Waals surface area contributed by atoms with Gasteiger partial charge in [0.1, 0.15) is 0 Å². The molecule has 140 valence electrons. The number of hydrogen-bond donors (Lipinski definition) is 1. The molecule has 7 heteroatoms. The van der Waals surface area contributed by atoms with Gasteiger partial charge in [-0.1, -0.05) is 0 Å². The Morgan fingerprint density at radius 1 is 1.15 bits per heavy atom. The quantitative estimate of drug-likeness (QED) is 0.484. The molecule has 0 spiro atoms. The van der Waals surface area contributed by atoms with E-state index in [-0.39, 0.29) is 18.1 Å². The number of rotatable bonds is 6. The van der Waals surface area contributed by atoms with Gasteiger partial charge in [0.15, 0.2) is 6.23 Å². The van der Waals surface area contributed by atoms with Crippen LogP contribution in [0.2, 0.25) is 0 Å². The lowest BCUT2D eigenvalue weighted by Gasteiger charge is -2.14. The Morgan fingerprint density at radius 2 is 1.81 bits per heavy atom. The molecule has 0 saturated heterocycles. The summed E-state index contributed by atoms with van der Waals surface area (Å²) >= 11 is 0. The van der Waals surface area contributed by atoms with Crippen molar-refractivity contribution in [3.8, 4) is 0 Å². The molecule has 1 amide bonds. The molecule has 0 aromatic carbocycles. The zero-order valence-corrected chi connectivity index (χ0v) is 16.0. The third kappa shape index (κ3) is 4.04. The molecule has 0 radical (unpaired) electrons. The minimum atomic E-state index is -0.700. The number of carbonyl (C=O) groups excluding carboxylic acids is 3. The van der Waals surface area contributed by atoms with E-state index in [9.17, 15) is 14.4 Å². The Balaban J connectivity index is 2.20. The number of carbonyl (C=O) groups is 3. The van der Waals surface area contributed by atoms with Crippen LogP contribution >= 0.6 is 0 Å². The van der Waals surface area contributed by atoms with E-state index in [1.165, 1.54) is 6.92 Å². The van der Waals surface area contributed by atoms with E-state index in [4.69, 9.17) is 4.74 Å². The van der Waals surface area contributed by atoms with Gasteiger partial charge in [0, 0.05) is 32.4 Å². The van der Waals surface area contributed by atoms with E-state index in [2.05, 4.69) is 5.32 Å². The minimum absolute atomic E-state index is 0.0146. The van der Waals surface area contributed by atoms with Crippen LogP contribution in [0.15, 0.2) is 18.2 Å². The minimum Gasteiger partial charge on any atom is -0.442 e. The average molecular weight is 359 g/mol. The highest BCUT2D eigenvalue weighted by Gasteiger charge is 2.22. The predicted molar refractivity (Wildman–Crippen MR) is 96.8 cm³/mol. The maximum Gasteiger partial charge on any atom is 0.313 e. The van der Waals surface area contributed by atoms with E-state index in [1.54, 1.807) is 24.6 Å². The molecule has 2 aromatic heterocycles. The van der Waals surface area contributed by atoms with Gasteiger partial charge in [0.05, 0.1) is 17.8 Å². The van der Waals surface area contributed by atoms with Crippen molar-refractivity contribution in [2.75, 3.05) is 0 Å². The van der Waals surface area contributed by atoms with Crippen molar-refractivity contribution in [2.24, 2.45) is 14.1 Å². The molecule has 2 aromatic rings. The lowest BCUT2D eigenvalue weighted by Crippen LogP contribution is -2.35. The molecule has 1 atom stereocenters. The molecule has 7 nitrogen and oxygen atoms in total. The van der Waals surface area contributed by atoms with Crippen LogP contribution in [0, 0.1) is 13.8 Å². The number of ketones is 1. The van der Waals surface area contributed by atoms with Crippen LogP contribution in [0.5, 0.6) is 0 Å². The third-order valence-electron chi connectivity index (χ3n) is 4.38. The first kappa shape index (κ1) is 19.5. The van der Waals surface area contributed by atoms with Crippen molar-refractivity contribution >= 4 is 17.7 Å². The van der Waals surface area contributed by atoms with Gasteiger partial charge in [0.25, 0.3) is 0 Å². The van der Waals surface area contributed by atoms with Crippen molar-refractivity contribution in [1.29, 1.82) is 0 Å². The van der Waals surface area contributed by atoms with Gasteiger partial charge < -0.3 is 19.2 Å². The SMILES string of the molecule is CC(=O)NC(C)OC(=O)Cc1cc(C)c(C(=O)c2ccc(C)n2C)n1C. The molecular weight excluding hydrogens is 334 g/mol. The van der Waals surface area contributed by atoms with Gasteiger partial charge in [-0.25, -0.2) is 0 Å². The maximum absolute atomic E-state index is 12.9. The summed E-state index contributed by atoms with van der Waals surface area (Å²) in [5.41, 5.74) is 3.62. The zero-order valence-electron chi connectivity index (χ0n) is 16.0. The molecule has 0 bridgehead atoms. The zero-order chi connectivity index (χ0) is 19.6. The second-order valence-electron chi connectivity index (χ2n) is 6.48. The van der Waals surface area contributed by atoms with Crippen LogP contribution in [0.1, 0.15) is 47.0 Å². The predicted octanol–water partition coefficient (Wildman–Crippen LogP) is 1.78. The summed E-state index contributed by atoms with van der Waals surface area (Å²) in [6.45, 7) is 6.72. The number of ether oxygens (including phenoxy) is 1. The lowest BCUT2D eigenvalue weighted by molar-refractivity contribution is -0.150. The molecule has 2 rings (SSSR count). The second-order valence-corrected chi connectivity index (χ2v) is 6.48. The van der Waals surface area contributed by atoms with Gasteiger partial charge in [-0.3, -0.25) is 14.4 Å². The molecule has 0 aliphatic carbocycles. The van der Waals surface area contributed by atoms with E-state index in [1.807, 2.05) is 37.6 Å². The summed E-state index contributed by atoms with van der Waals surface area (Å²) in [6, 6.07) is 5.51. The lowest BCUT2D eigenvalue weighted by atomic mass is 10.1. The fourth-order valence-corrected chi connectivity index (χ4v) is 2.99. The highest BCUT2D eigenvalue weighted by molar-refractivity contribution is 6.08. The van der Waals surface area contributed by atoms with Crippen LogP contribution < -0.4 is 5.32 Å². The molecule has 0 fully saturated rings. The van der Waals surface area contributed by atoms with Gasteiger partial charge >= 0.3 is 5.97 Å². The van der Waals surface area contributed by atoms with Crippen LogP contribution in [0.25, 0.3) is 0 Å². The highest BCUT2D eigenvalue weighted by atomic mass is 16.6. The fraction of sp³-hybridized carbons (Fsp3) is 0.421. The molecule has 1 unspecified atom stereocenters. The molecular formula is C19H25N3O4. The molecule has 0 saturated carbocycles. The number of nitrogens with zero attached hydrogens (tertiary/aromatic N) is 2. The van der Waals surface area contributed by atoms with Gasteiger partial charge in [-0.15, -0.1) is 0 Å². The smallest absolute Gasteiger partial charge is 0.313 e. The monoisotopic (exact) mass is 359 g/mol. The van der Waals surface area contributed by atoms with Gasteiger partial charge in [0.2, 0.25) is 11.7 Å². The van der Waals surface area contributed by atoms with Crippen molar-refractivity contribution in [3.63, 3.8) is 0 Å². The molecule has 0 aliphatic rings. The number of esters is 1. The first-order chi connectivity index (χ1) is 12.1. The normalized spacial score (nSPS) is 11.9. The summed E-state index contributed by atoms with van der Waals surface area (Å²) in [5.74, 6) is -0.835. The number of aryl methyl sites for hydroxylation is 2. The van der Waals surface area contributed by atoms with E-state index >= 15 is 0 Å². The number of hydrogen-bond acceptors (Lipinski definition) is 4. The van der Waals surface area contributed by atoms with E-state index < -0.39 is 12.2 Å². The summed E-state index contributed by atoms with van der Waals surface area (Å²) in [7, 11) is 3.61. The standard InChI is InChI=1S/C19H25N3O4/c1-11-9-15(10-17(24)26-14(4)20-13(3)23)22(6)18(11)19(25)16-8-7-12(2)21(16)5/h7-9,14H,10H2,1-6H3,(H,20,23). The van der Waals surface area contributed by atoms with Crippen LogP contribution in [-0.2, 0) is 34.8 Å². The third-order valence-corrected chi connectivity index (χ3v) is 4.38. The summed E-state index contributed by atoms with van der Waals surface area (Å²) in [4.78, 5) is 36.0. The summed E-state index contributed by atoms with van der Waals surface area (Å²) in [6.07, 6.45) is -0.686. The van der Waals surface area contributed by atoms with Crippen molar-refractivity contribution in [1.82, 2.24) is 14.5 Å². The van der Waals surface area contributed by atoms with Crippen molar-refractivity contribution in [3.05, 3.63) is 46.5 Å². The summed E-state index contributed by atoms with van der Waals surface area (Å²) < 4.78 is 8.74. The largest absolute Gasteiger partial charge is 0.442 e. The first-order valence-corrected chi connectivity index (χ1v) is 8.40. The van der Waals surface area contributed by atoms with Gasteiger partial charge in [-0.05, 0) is 44.5 Å². The van der Waals surface area contributed by atoms with Gasteiger partial charge in [-0.2, -0.15) is 0 Å². The van der Waals surface area contributed by atoms with E-state index in [0.717, 1.165) is 11.3 Å². The Labute approximate surface area is 152 Å². The number of aromatic nitrogens is 2. The second kappa shape index (κ2) is 7.59. The van der Waals surface area contributed by atoms with E-state index in [0.29, 0.717) is 17.1 Å². The van der Waals surface area contributed by atoms with Crippen LogP contribution in [0.4, 0.5) is 0 Å². The molecule has 2 heterocycles. The van der Waals surface area contributed by atoms with Crippen LogP contribution in [-0.4, -0.2) is 33.0 Å². The molecule has 1 N–H and O–H groups in total. The van der Waals surface area contributed by atoms with Crippen molar-refractivity contribution in [2.45, 2.75) is 40.3 Å². The number of nitrogens with one attached hydrogen (secondary N) is 1. The van der Waals surface area contributed by atoms with Crippen LogP contribution in [0.3, 0.4) is 0 Å². The first-order valence-electron chi connectivity index (χ1n) is 8.40. The average Bonchev–Trinajstić information content (AvgIpc) is 2.98. The Morgan fingerprint density at radius 3 is 2.35 bits per heavy atom. The summed E-state index contributed by atoms with van der Waals surface area (Å²) in [5, 5.41) is 2.49. The molecule has 26 heavy (non-hydrogen) atoms. The Bertz CT molecular complexity index is 861. The Kier molecular flexibility index (Phi) is 5.69. The Hall–Kier alpha value is -2.83. The highest BCUT2D eigenvalue weighted by Crippen LogP contribution is 2.20.